The predicted molar refractivity (Wildman–Crippen MR) is 190 cm³/mol. The van der Waals surface area contributed by atoms with Gasteiger partial charge in [0.2, 0.25) is 33.5 Å². The maximum absolute atomic E-state index is 14.4. The number of fused-ring (bicyclic) bond motifs is 5. The standard InChI is InChI=1S/C35H41ClFN7O8S/c1-19-5-3-4-6-21-16-35(21,31(47)42-53(50,51)34(18-37)9-10-34)41-28(45)26-15-23(17-44(26)30(46)27(20(2)13-19)39-33(48)49)52-29-24-14-22(36)7-8-25(24)43-12-11-38-32(43)40-29/h4,6-8,11-12,14,19-21,23,26-27,39H,3,5,9-10,13,15-18H2,1-2H3,(H,41,45)(H,42,47)(H,48,49)/t19-,20-,21-,23-,26+,27+,35-/m1/s1. The molecule has 18 heteroatoms. The number of carboxylic acid groups (broad SMARTS) is 1. The normalized spacial score (nSPS) is 30.1. The Morgan fingerprint density at radius 2 is 1.98 bits per heavy atom. The van der Waals surface area contributed by atoms with Crippen LogP contribution in [0.3, 0.4) is 0 Å². The van der Waals surface area contributed by atoms with Crippen molar-refractivity contribution in [3.63, 3.8) is 0 Å². The summed E-state index contributed by atoms with van der Waals surface area (Å²) in [6, 6.07) is 2.70. The molecule has 7 atom stereocenters. The molecule has 3 fully saturated rings. The zero-order valence-corrected chi connectivity index (χ0v) is 30.7. The molecular weight excluding hydrogens is 733 g/mol. The van der Waals surface area contributed by atoms with Crippen LogP contribution in [-0.2, 0) is 24.4 Å². The van der Waals surface area contributed by atoms with Crippen molar-refractivity contribution in [2.24, 2.45) is 17.8 Å². The molecule has 0 unspecified atom stereocenters. The fourth-order valence-electron chi connectivity index (χ4n) is 7.74. The Labute approximate surface area is 309 Å². The first-order valence-electron chi connectivity index (χ1n) is 17.7. The van der Waals surface area contributed by atoms with Gasteiger partial charge in [0, 0.05) is 29.8 Å². The van der Waals surface area contributed by atoms with Gasteiger partial charge in [-0.3, -0.25) is 23.5 Å². The van der Waals surface area contributed by atoms with Gasteiger partial charge in [0.15, 0.2) is 0 Å². The first kappa shape index (κ1) is 36.8. The SMILES string of the molecule is C[C@@H]1CCC=C[C@@H]2C[C@@]2(C(=O)NS(=O)(=O)C2(CF)CC2)NC(=O)[C@@H]2C[C@@H](Oc3nc4nccn4c4ccc(Cl)cc34)CN2C(=O)[C@@H](NC(=O)O)[C@H](C)C1. The van der Waals surface area contributed by atoms with Gasteiger partial charge in [-0.05, 0) is 68.6 Å². The van der Waals surface area contributed by atoms with Crippen molar-refractivity contribution in [2.45, 2.75) is 87.3 Å². The van der Waals surface area contributed by atoms with Crippen molar-refractivity contribution < 1.29 is 41.8 Å². The lowest BCUT2D eigenvalue weighted by molar-refractivity contribution is -0.142. The first-order valence-corrected chi connectivity index (χ1v) is 19.5. The number of sulfonamides is 1. The Bertz CT molecular complexity index is 2130. The van der Waals surface area contributed by atoms with E-state index in [4.69, 9.17) is 16.3 Å². The van der Waals surface area contributed by atoms with Crippen LogP contribution in [0.25, 0.3) is 16.7 Å². The molecule has 3 aromatic rings. The number of nitrogens with one attached hydrogen (secondary N) is 3. The number of imidazole rings is 1. The minimum Gasteiger partial charge on any atom is -0.472 e. The van der Waals surface area contributed by atoms with Crippen LogP contribution in [0.15, 0.2) is 42.7 Å². The number of carbonyl (C=O) groups is 4. The highest BCUT2D eigenvalue weighted by atomic mass is 35.5. The molecular formula is C35H41ClFN7O8S. The molecule has 4 N–H and O–H groups in total. The van der Waals surface area contributed by atoms with E-state index >= 15 is 0 Å². The Kier molecular flexibility index (Phi) is 9.54. The van der Waals surface area contributed by atoms with Gasteiger partial charge in [-0.25, -0.2) is 22.6 Å². The minimum absolute atomic E-state index is 0.0708. The molecule has 2 aliphatic carbocycles. The van der Waals surface area contributed by atoms with E-state index in [0.717, 1.165) is 0 Å². The van der Waals surface area contributed by atoms with E-state index in [1.807, 2.05) is 17.7 Å². The molecule has 2 aliphatic heterocycles. The van der Waals surface area contributed by atoms with E-state index in [0.29, 0.717) is 41.0 Å². The predicted octanol–water partition coefficient (Wildman–Crippen LogP) is 3.36. The number of amides is 4. The molecule has 4 aliphatic rings. The molecule has 2 saturated carbocycles. The summed E-state index contributed by atoms with van der Waals surface area (Å²) >= 11 is 6.35. The van der Waals surface area contributed by atoms with Crippen LogP contribution in [0.2, 0.25) is 5.02 Å². The summed E-state index contributed by atoms with van der Waals surface area (Å²) in [6.45, 7) is 2.48. The second-order valence-electron chi connectivity index (χ2n) is 14.9. The highest BCUT2D eigenvalue weighted by Gasteiger charge is 2.64. The summed E-state index contributed by atoms with van der Waals surface area (Å²) in [6.07, 6.45) is 6.64. The van der Waals surface area contributed by atoms with Gasteiger partial charge in [-0.15, -0.1) is 0 Å². The number of halogens is 2. The summed E-state index contributed by atoms with van der Waals surface area (Å²) in [4.78, 5) is 64.7. The van der Waals surface area contributed by atoms with Gasteiger partial charge < -0.3 is 25.4 Å². The molecule has 0 radical (unpaired) electrons. The van der Waals surface area contributed by atoms with Crippen molar-refractivity contribution in [3.8, 4) is 5.88 Å². The fraction of sp³-hybridized carbons (Fsp3) is 0.543. The van der Waals surface area contributed by atoms with Crippen molar-refractivity contribution in [2.75, 3.05) is 13.2 Å². The Balaban J connectivity index is 1.24. The molecule has 0 bridgehead atoms. The third-order valence-electron chi connectivity index (χ3n) is 11.1. The number of allylic oxidation sites excluding steroid dienone is 1. The molecule has 1 aromatic carbocycles. The van der Waals surface area contributed by atoms with Crippen LogP contribution in [-0.4, -0.2) is 98.3 Å². The summed E-state index contributed by atoms with van der Waals surface area (Å²) in [5.74, 6) is -2.85. The maximum atomic E-state index is 14.4. The Morgan fingerprint density at radius 3 is 2.70 bits per heavy atom. The minimum atomic E-state index is -4.40. The highest BCUT2D eigenvalue weighted by Crippen LogP contribution is 2.48. The van der Waals surface area contributed by atoms with Crippen LogP contribution in [0, 0.1) is 17.8 Å². The van der Waals surface area contributed by atoms with Gasteiger partial charge in [0.1, 0.15) is 35.1 Å². The van der Waals surface area contributed by atoms with E-state index in [1.54, 1.807) is 48.0 Å². The van der Waals surface area contributed by atoms with E-state index < -0.39 is 80.8 Å². The number of benzene rings is 1. The molecule has 284 valence electrons. The van der Waals surface area contributed by atoms with Gasteiger partial charge in [0.05, 0.1) is 17.4 Å². The van der Waals surface area contributed by atoms with Crippen LogP contribution >= 0.6 is 11.6 Å². The zero-order chi connectivity index (χ0) is 37.9. The van der Waals surface area contributed by atoms with E-state index in [1.165, 1.54) is 4.90 Å². The van der Waals surface area contributed by atoms with E-state index in [2.05, 4.69) is 20.6 Å². The topological polar surface area (TPSA) is 201 Å². The smallest absolute Gasteiger partial charge is 0.405 e. The molecule has 0 spiro atoms. The van der Waals surface area contributed by atoms with Crippen LogP contribution in [0.4, 0.5) is 9.18 Å². The van der Waals surface area contributed by atoms with Crippen LogP contribution in [0.1, 0.15) is 58.8 Å². The summed E-state index contributed by atoms with van der Waals surface area (Å²) in [5.41, 5.74) is -0.989. The molecule has 1 saturated heterocycles. The number of nitrogens with zero attached hydrogens (tertiary/aromatic N) is 4. The number of alkyl halides is 1. The number of aromatic nitrogens is 3. The van der Waals surface area contributed by atoms with E-state index in [9.17, 15) is 37.1 Å². The second kappa shape index (κ2) is 13.7. The Morgan fingerprint density at radius 1 is 1.21 bits per heavy atom. The van der Waals surface area contributed by atoms with Crippen molar-refractivity contribution in [1.82, 2.24) is 34.6 Å². The highest BCUT2D eigenvalue weighted by molar-refractivity contribution is 7.91. The lowest BCUT2D eigenvalue weighted by atomic mass is 9.88. The Hall–Kier alpha value is -4.51. The average molecular weight is 774 g/mol. The largest absolute Gasteiger partial charge is 0.472 e. The van der Waals surface area contributed by atoms with Gasteiger partial charge >= 0.3 is 6.09 Å². The summed E-state index contributed by atoms with van der Waals surface area (Å²) < 4.78 is 48.5. The molecule has 4 amide bonds. The molecule has 4 heterocycles. The lowest BCUT2D eigenvalue weighted by Crippen LogP contribution is -2.59. The third-order valence-corrected chi connectivity index (χ3v) is 13.4. The maximum Gasteiger partial charge on any atom is 0.405 e. The van der Waals surface area contributed by atoms with Crippen molar-refractivity contribution in [1.29, 1.82) is 0 Å². The van der Waals surface area contributed by atoms with Crippen LogP contribution < -0.4 is 20.1 Å². The molecule has 53 heavy (non-hydrogen) atoms. The number of rotatable bonds is 7. The zero-order valence-electron chi connectivity index (χ0n) is 29.1. The van der Waals surface area contributed by atoms with E-state index in [-0.39, 0.29) is 44.0 Å². The lowest BCUT2D eigenvalue weighted by Gasteiger charge is -2.32. The molecule has 15 nitrogen and oxygen atoms in total. The van der Waals surface area contributed by atoms with Gasteiger partial charge in [-0.1, -0.05) is 37.6 Å². The molecule has 7 rings (SSSR count). The second-order valence-corrected chi connectivity index (χ2v) is 17.4. The number of carbonyl (C=O) groups excluding carboxylic acids is 3. The quantitative estimate of drug-likeness (QED) is 0.258. The van der Waals surface area contributed by atoms with Gasteiger partial charge in [0.25, 0.3) is 5.91 Å². The number of hydrogen-bond acceptors (Lipinski definition) is 9. The van der Waals surface area contributed by atoms with Crippen molar-refractivity contribution in [3.05, 3.63) is 47.8 Å². The van der Waals surface area contributed by atoms with Crippen LogP contribution in [0.5, 0.6) is 5.88 Å². The number of hydrogen-bond donors (Lipinski definition) is 4. The summed E-state index contributed by atoms with van der Waals surface area (Å²) in [5, 5.41) is 15.9. The first-order chi connectivity index (χ1) is 25.2. The summed E-state index contributed by atoms with van der Waals surface area (Å²) in [7, 11) is -4.40. The van der Waals surface area contributed by atoms with Gasteiger partial charge in [-0.2, -0.15) is 4.98 Å². The third kappa shape index (κ3) is 6.88. The average Bonchev–Trinajstić information content (AvgIpc) is 3.94. The number of ether oxygens (including phenoxy) is 1. The fourth-order valence-corrected chi connectivity index (χ4v) is 9.34. The van der Waals surface area contributed by atoms with Crippen molar-refractivity contribution >= 4 is 62.1 Å². The molecule has 2 aromatic heterocycles. The monoisotopic (exact) mass is 773 g/mol.